The minimum Gasteiger partial charge on any atom is -0.480 e. The predicted octanol–water partition coefficient (Wildman–Crippen LogP) is 1.97. The molecule has 1 aliphatic heterocycles. The first-order chi connectivity index (χ1) is 10.3. The van der Waals surface area contributed by atoms with E-state index in [1.54, 1.807) is 0 Å². The van der Waals surface area contributed by atoms with E-state index in [1.807, 2.05) is 20.8 Å². The Labute approximate surface area is 132 Å². The van der Waals surface area contributed by atoms with Crippen LogP contribution in [0.15, 0.2) is 0 Å². The molecule has 2 N–H and O–H groups in total. The van der Waals surface area contributed by atoms with E-state index in [9.17, 15) is 14.7 Å². The van der Waals surface area contributed by atoms with Crippen LogP contribution in [0.3, 0.4) is 0 Å². The van der Waals surface area contributed by atoms with Crippen molar-refractivity contribution in [2.75, 3.05) is 19.8 Å². The van der Waals surface area contributed by atoms with Gasteiger partial charge in [0.15, 0.2) is 0 Å². The van der Waals surface area contributed by atoms with Crippen molar-refractivity contribution < 1.29 is 24.2 Å². The van der Waals surface area contributed by atoms with Gasteiger partial charge in [-0.15, -0.1) is 0 Å². The summed E-state index contributed by atoms with van der Waals surface area (Å²) in [5.74, 6) is -0.710. The zero-order valence-electron chi connectivity index (χ0n) is 13.9. The first-order valence-electron chi connectivity index (χ1n) is 8.02. The van der Waals surface area contributed by atoms with Crippen molar-refractivity contribution >= 4 is 11.9 Å². The van der Waals surface area contributed by atoms with Crippen molar-refractivity contribution in [2.24, 2.45) is 5.92 Å². The third-order valence-corrected chi connectivity index (χ3v) is 3.70. The summed E-state index contributed by atoms with van der Waals surface area (Å²) >= 11 is 0. The zero-order chi connectivity index (χ0) is 16.6. The lowest BCUT2D eigenvalue weighted by molar-refractivity contribution is -0.142. The Bertz CT molecular complexity index is 358. The lowest BCUT2D eigenvalue weighted by Gasteiger charge is -2.23. The van der Waals surface area contributed by atoms with Crippen LogP contribution in [-0.4, -0.2) is 48.4 Å². The number of rotatable bonds is 8. The molecule has 0 saturated carbocycles. The smallest absolute Gasteiger partial charge is 0.326 e. The van der Waals surface area contributed by atoms with Gasteiger partial charge in [0, 0.05) is 32.7 Å². The molecule has 1 atom stereocenters. The molecule has 1 rings (SSSR count). The summed E-state index contributed by atoms with van der Waals surface area (Å²) in [4.78, 5) is 23.1. The number of aliphatic carboxylic acids is 1. The fourth-order valence-corrected chi connectivity index (χ4v) is 2.38. The van der Waals surface area contributed by atoms with E-state index in [0.717, 1.165) is 32.5 Å². The largest absolute Gasteiger partial charge is 0.480 e. The molecular weight excluding hydrogens is 286 g/mol. The highest BCUT2D eigenvalue weighted by molar-refractivity contribution is 5.83. The molecule has 0 aliphatic carbocycles. The van der Waals surface area contributed by atoms with Crippen LogP contribution < -0.4 is 5.32 Å². The lowest BCUT2D eigenvalue weighted by Crippen LogP contribution is -2.42. The van der Waals surface area contributed by atoms with Gasteiger partial charge in [-0.1, -0.05) is 0 Å². The van der Waals surface area contributed by atoms with E-state index in [0.29, 0.717) is 18.9 Å². The minimum atomic E-state index is -1.02. The quantitative estimate of drug-likeness (QED) is 0.715. The van der Waals surface area contributed by atoms with Crippen molar-refractivity contribution in [1.29, 1.82) is 0 Å². The van der Waals surface area contributed by atoms with Gasteiger partial charge in [0.25, 0.3) is 0 Å². The van der Waals surface area contributed by atoms with Crippen molar-refractivity contribution in [3.05, 3.63) is 0 Å². The maximum absolute atomic E-state index is 11.9. The molecule has 0 radical (unpaired) electrons. The first kappa shape index (κ1) is 18.9. The minimum absolute atomic E-state index is 0.199. The Kier molecular flexibility index (Phi) is 7.82. The third-order valence-electron chi connectivity index (χ3n) is 3.70. The van der Waals surface area contributed by atoms with Gasteiger partial charge in [-0.25, -0.2) is 4.79 Å². The van der Waals surface area contributed by atoms with E-state index in [2.05, 4.69) is 5.32 Å². The Morgan fingerprint density at radius 1 is 1.32 bits per heavy atom. The summed E-state index contributed by atoms with van der Waals surface area (Å²) in [7, 11) is 0. The normalized spacial score (nSPS) is 18.0. The molecule has 1 heterocycles. The number of hydrogen-bond acceptors (Lipinski definition) is 4. The van der Waals surface area contributed by atoms with Gasteiger partial charge in [-0.05, 0) is 46.0 Å². The van der Waals surface area contributed by atoms with E-state index >= 15 is 0 Å². The van der Waals surface area contributed by atoms with Crippen molar-refractivity contribution in [1.82, 2.24) is 5.32 Å². The van der Waals surface area contributed by atoms with E-state index in [4.69, 9.17) is 9.47 Å². The zero-order valence-corrected chi connectivity index (χ0v) is 13.9. The molecule has 1 fully saturated rings. The van der Waals surface area contributed by atoms with Gasteiger partial charge in [-0.3, -0.25) is 4.79 Å². The summed E-state index contributed by atoms with van der Waals surface area (Å²) in [6, 6.07) is -0.885. The van der Waals surface area contributed by atoms with Gasteiger partial charge in [0.2, 0.25) is 5.91 Å². The molecular formula is C16H29NO5. The van der Waals surface area contributed by atoms with Crippen LogP contribution in [0.4, 0.5) is 0 Å². The second-order valence-electron chi connectivity index (χ2n) is 6.80. The number of carbonyl (C=O) groups excluding carboxylic acids is 1. The fourth-order valence-electron chi connectivity index (χ4n) is 2.38. The molecule has 0 aromatic rings. The Balaban J connectivity index is 2.28. The van der Waals surface area contributed by atoms with Gasteiger partial charge < -0.3 is 19.9 Å². The molecule has 1 saturated heterocycles. The van der Waals surface area contributed by atoms with Gasteiger partial charge in [0.05, 0.1) is 5.60 Å². The highest BCUT2D eigenvalue weighted by Gasteiger charge is 2.22. The molecule has 22 heavy (non-hydrogen) atoms. The first-order valence-corrected chi connectivity index (χ1v) is 8.02. The topological polar surface area (TPSA) is 84.9 Å². The average molecular weight is 315 g/mol. The number of amides is 1. The molecule has 0 aromatic carbocycles. The van der Waals surface area contributed by atoms with Crippen LogP contribution in [0.5, 0.6) is 0 Å². The fraction of sp³-hybridized carbons (Fsp3) is 0.875. The molecule has 0 bridgehead atoms. The Hall–Kier alpha value is -1.14. The van der Waals surface area contributed by atoms with Gasteiger partial charge in [0.1, 0.15) is 6.04 Å². The number of ether oxygens (including phenoxy) is 2. The summed E-state index contributed by atoms with van der Waals surface area (Å²) < 4.78 is 10.8. The number of nitrogens with one attached hydrogen (secondary N) is 1. The maximum Gasteiger partial charge on any atom is 0.326 e. The summed E-state index contributed by atoms with van der Waals surface area (Å²) in [6.07, 6.45) is 3.40. The summed E-state index contributed by atoms with van der Waals surface area (Å²) in [5.41, 5.74) is -0.309. The monoisotopic (exact) mass is 315 g/mol. The van der Waals surface area contributed by atoms with Crippen molar-refractivity contribution in [2.45, 2.75) is 64.5 Å². The SMILES string of the molecule is CC(C)(C)OCCC(NC(=O)CCC1CCOCC1)C(=O)O. The highest BCUT2D eigenvalue weighted by atomic mass is 16.5. The number of carbonyl (C=O) groups is 2. The lowest BCUT2D eigenvalue weighted by atomic mass is 9.95. The molecule has 6 nitrogen and oxygen atoms in total. The molecule has 1 amide bonds. The summed E-state index contributed by atoms with van der Waals surface area (Å²) in [6.45, 7) is 7.56. The van der Waals surface area contributed by atoms with Crippen LogP contribution in [-0.2, 0) is 19.1 Å². The highest BCUT2D eigenvalue weighted by Crippen LogP contribution is 2.19. The van der Waals surface area contributed by atoms with Crippen LogP contribution in [0, 0.1) is 5.92 Å². The summed E-state index contributed by atoms with van der Waals surface area (Å²) in [5, 5.41) is 11.8. The third kappa shape index (κ3) is 8.34. The Morgan fingerprint density at radius 3 is 2.50 bits per heavy atom. The maximum atomic E-state index is 11.9. The second-order valence-corrected chi connectivity index (χ2v) is 6.80. The van der Waals surface area contributed by atoms with E-state index in [-0.39, 0.29) is 17.9 Å². The molecule has 0 spiro atoms. The standard InChI is InChI=1S/C16H29NO5/c1-16(2,3)22-11-8-13(15(19)20)17-14(18)5-4-12-6-9-21-10-7-12/h12-13H,4-11H2,1-3H3,(H,17,18)(H,19,20). The molecule has 6 heteroatoms. The average Bonchev–Trinajstić information content (AvgIpc) is 2.43. The van der Waals surface area contributed by atoms with Crippen molar-refractivity contribution in [3.8, 4) is 0 Å². The predicted molar refractivity (Wildman–Crippen MR) is 82.7 cm³/mol. The second kappa shape index (κ2) is 9.10. The van der Waals surface area contributed by atoms with Gasteiger partial charge >= 0.3 is 5.97 Å². The molecule has 1 unspecified atom stereocenters. The number of hydrogen-bond donors (Lipinski definition) is 2. The van der Waals surface area contributed by atoms with E-state index in [1.165, 1.54) is 0 Å². The number of carboxylic acids is 1. The molecule has 0 aromatic heterocycles. The molecule has 1 aliphatic rings. The van der Waals surface area contributed by atoms with Crippen LogP contribution in [0.2, 0.25) is 0 Å². The van der Waals surface area contributed by atoms with Crippen LogP contribution >= 0.6 is 0 Å². The van der Waals surface area contributed by atoms with Crippen LogP contribution in [0.1, 0.15) is 52.9 Å². The van der Waals surface area contributed by atoms with Crippen molar-refractivity contribution in [3.63, 3.8) is 0 Å². The van der Waals surface area contributed by atoms with E-state index < -0.39 is 12.0 Å². The van der Waals surface area contributed by atoms with Crippen LogP contribution in [0.25, 0.3) is 0 Å². The number of carboxylic acid groups (broad SMARTS) is 1. The molecule has 128 valence electrons. The Morgan fingerprint density at radius 2 is 1.95 bits per heavy atom. The van der Waals surface area contributed by atoms with Gasteiger partial charge in [-0.2, -0.15) is 0 Å².